The number of hydrogen-bond donors (Lipinski definition) is 0. The maximum atomic E-state index is 5.86. The number of hydrogen-bond acceptors (Lipinski definition) is 7. The molecule has 1 aliphatic carbocycles. The van der Waals surface area contributed by atoms with E-state index in [0.717, 1.165) is 56.3 Å². The minimum atomic E-state index is -0.124. The van der Waals surface area contributed by atoms with Gasteiger partial charge in [-0.3, -0.25) is 4.98 Å². The lowest BCUT2D eigenvalue weighted by Crippen LogP contribution is -2.37. The van der Waals surface area contributed by atoms with E-state index in [0.29, 0.717) is 5.15 Å². The third kappa shape index (κ3) is 3.03. The van der Waals surface area contributed by atoms with Crippen LogP contribution in [0.25, 0.3) is 0 Å². The summed E-state index contributed by atoms with van der Waals surface area (Å²) >= 11 is 5.86. The Kier molecular flexibility index (Phi) is 4.47. The molecule has 0 amide bonds. The largest absolute Gasteiger partial charge is 0.354 e. The highest BCUT2D eigenvalue weighted by Crippen LogP contribution is 2.48. The number of pyridine rings is 1. The van der Waals surface area contributed by atoms with Crippen LogP contribution in [0.15, 0.2) is 41.2 Å². The molecule has 3 aromatic rings. The van der Waals surface area contributed by atoms with Gasteiger partial charge in [0.2, 0.25) is 5.89 Å². The molecule has 1 unspecified atom stereocenters. The van der Waals surface area contributed by atoms with Crippen molar-refractivity contribution in [3.05, 3.63) is 59.1 Å². The molecule has 1 saturated heterocycles. The molecule has 7 nitrogen and oxygen atoms in total. The lowest BCUT2D eigenvalue weighted by Gasteiger charge is -2.39. The zero-order chi connectivity index (χ0) is 19.0. The van der Waals surface area contributed by atoms with E-state index in [1.165, 1.54) is 12.0 Å². The Labute approximate surface area is 168 Å². The van der Waals surface area contributed by atoms with Gasteiger partial charge >= 0.3 is 0 Å². The van der Waals surface area contributed by atoms with Gasteiger partial charge in [0.15, 0.2) is 16.8 Å². The first-order valence-electron chi connectivity index (χ1n) is 9.73. The van der Waals surface area contributed by atoms with Crippen molar-refractivity contribution in [2.75, 3.05) is 18.0 Å². The highest BCUT2D eigenvalue weighted by atomic mass is 35.5. The Morgan fingerprint density at radius 1 is 1.07 bits per heavy atom. The third-order valence-electron chi connectivity index (χ3n) is 6.02. The predicted octanol–water partition coefficient (Wildman–Crippen LogP) is 3.76. The van der Waals surface area contributed by atoms with Gasteiger partial charge in [0.25, 0.3) is 0 Å². The van der Waals surface area contributed by atoms with Crippen LogP contribution in [0.4, 0.5) is 5.82 Å². The lowest BCUT2D eigenvalue weighted by molar-refractivity contribution is 0.268. The van der Waals surface area contributed by atoms with Crippen LogP contribution >= 0.6 is 11.6 Å². The highest BCUT2D eigenvalue weighted by molar-refractivity contribution is 6.29. The summed E-state index contributed by atoms with van der Waals surface area (Å²) in [6.07, 6.45) is 9.02. The number of aromatic nitrogens is 5. The van der Waals surface area contributed by atoms with Gasteiger partial charge < -0.3 is 9.42 Å². The van der Waals surface area contributed by atoms with Crippen molar-refractivity contribution in [2.24, 2.45) is 0 Å². The Balaban J connectivity index is 1.38. The van der Waals surface area contributed by atoms with E-state index in [9.17, 15) is 0 Å². The molecule has 144 valence electrons. The van der Waals surface area contributed by atoms with Crippen LogP contribution in [0.5, 0.6) is 0 Å². The smallest absolute Gasteiger partial charge is 0.231 e. The molecule has 2 aliphatic rings. The Hall–Kier alpha value is -2.54. The molecule has 8 heteroatoms. The van der Waals surface area contributed by atoms with Crippen molar-refractivity contribution in [1.82, 2.24) is 25.3 Å². The van der Waals surface area contributed by atoms with E-state index < -0.39 is 0 Å². The number of halogens is 1. The summed E-state index contributed by atoms with van der Waals surface area (Å²) in [4.78, 5) is 11.2. The van der Waals surface area contributed by atoms with Crippen molar-refractivity contribution in [2.45, 2.75) is 43.4 Å². The maximum Gasteiger partial charge on any atom is 0.231 e. The van der Waals surface area contributed by atoms with Crippen molar-refractivity contribution < 1.29 is 4.52 Å². The molecule has 1 atom stereocenters. The molecular formula is C20H21ClN6O. The molecule has 3 aromatic heterocycles. The highest BCUT2D eigenvalue weighted by Gasteiger charge is 2.45. The second-order valence-electron chi connectivity index (χ2n) is 7.63. The van der Waals surface area contributed by atoms with Gasteiger partial charge in [-0.2, -0.15) is 4.98 Å². The molecule has 4 heterocycles. The summed E-state index contributed by atoms with van der Waals surface area (Å²) < 4.78 is 5.75. The van der Waals surface area contributed by atoms with E-state index >= 15 is 0 Å². The fourth-order valence-corrected chi connectivity index (χ4v) is 4.40. The standard InChI is InChI=1S/C20H21ClN6O/c21-16-4-5-17(25-24-16)27-12-1-3-14(13-27)18-23-19(26-28-18)20(8-2-9-20)15-6-10-22-11-7-15/h4-7,10-11,14H,1-3,8-9,12-13H2. The zero-order valence-corrected chi connectivity index (χ0v) is 16.2. The Bertz CT molecular complexity index is 941. The molecule has 1 aliphatic heterocycles. The zero-order valence-electron chi connectivity index (χ0n) is 15.5. The van der Waals surface area contributed by atoms with Crippen molar-refractivity contribution >= 4 is 17.4 Å². The number of anilines is 1. The fourth-order valence-electron chi connectivity index (χ4n) is 4.30. The van der Waals surface area contributed by atoms with E-state index in [1.54, 1.807) is 6.07 Å². The van der Waals surface area contributed by atoms with Crippen LogP contribution in [0, 0.1) is 0 Å². The minimum absolute atomic E-state index is 0.124. The third-order valence-corrected chi connectivity index (χ3v) is 6.22. The molecule has 0 aromatic carbocycles. The van der Waals surface area contributed by atoms with E-state index in [4.69, 9.17) is 21.1 Å². The van der Waals surface area contributed by atoms with E-state index in [2.05, 4.69) is 37.4 Å². The topological polar surface area (TPSA) is 80.8 Å². The summed E-state index contributed by atoms with van der Waals surface area (Å²) in [6, 6.07) is 7.81. The molecule has 0 N–H and O–H groups in total. The quantitative estimate of drug-likeness (QED) is 0.664. The van der Waals surface area contributed by atoms with Crippen LogP contribution < -0.4 is 4.90 Å². The average Bonchev–Trinajstić information content (AvgIpc) is 3.19. The Morgan fingerprint density at radius 2 is 1.93 bits per heavy atom. The SMILES string of the molecule is Clc1ccc(N2CCCC(c3nc(C4(c5ccncc5)CCC4)no3)C2)nn1. The molecule has 1 saturated carbocycles. The van der Waals surface area contributed by atoms with Crippen LogP contribution in [0.1, 0.15) is 55.3 Å². The number of piperidine rings is 1. The van der Waals surface area contributed by atoms with Crippen molar-refractivity contribution in [3.8, 4) is 0 Å². The summed E-state index contributed by atoms with van der Waals surface area (Å²) in [5, 5.41) is 13.0. The second kappa shape index (κ2) is 7.13. The molecule has 0 radical (unpaired) electrons. The van der Waals surface area contributed by atoms with Gasteiger partial charge in [-0.15, -0.1) is 10.2 Å². The summed E-state index contributed by atoms with van der Waals surface area (Å²) in [7, 11) is 0. The fraction of sp³-hybridized carbons (Fsp3) is 0.450. The summed E-state index contributed by atoms with van der Waals surface area (Å²) in [5.74, 6) is 2.56. The predicted molar refractivity (Wildman–Crippen MR) is 104 cm³/mol. The second-order valence-corrected chi connectivity index (χ2v) is 8.01. The average molecular weight is 397 g/mol. The van der Waals surface area contributed by atoms with Crippen molar-refractivity contribution in [3.63, 3.8) is 0 Å². The summed E-state index contributed by atoms with van der Waals surface area (Å²) in [6.45, 7) is 1.73. The first-order valence-corrected chi connectivity index (χ1v) is 10.1. The number of rotatable bonds is 4. The molecule has 0 spiro atoms. The van der Waals surface area contributed by atoms with Gasteiger partial charge in [0, 0.05) is 25.5 Å². The normalized spacial score (nSPS) is 21.3. The first kappa shape index (κ1) is 17.6. The van der Waals surface area contributed by atoms with Gasteiger partial charge in [-0.05, 0) is 55.5 Å². The summed E-state index contributed by atoms with van der Waals surface area (Å²) in [5.41, 5.74) is 1.10. The Morgan fingerprint density at radius 3 is 2.64 bits per heavy atom. The molecule has 2 fully saturated rings. The van der Waals surface area contributed by atoms with Gasteiger partial charge in [0.05, 0.1) is 11.3 Å². The van der Waals surface area contributed by atoms with Gasteiger partial charge in [-0.1, -0.05) is 23.2 Å². The van der Waals surface area contributed by atoms with Crippen LogP contribution in [0.2, 0.25) is 5.15 Å². The minimum Gasteiger partial charge on any atom is -0.354 e. The molecular weight excluding hydrogens is 376 g/mol. The van der Waals surface area contributed by atoms with Gasteiger partial charge in [0.1, 0.15) is 0 Å². The number of nitrogens with zero attached hydrogens (tertiary/aromatic N) is 6. The van der Waals surface area contributed by atoms with Gasteiger partial charge in [-0.25, -0.2) is 0 Å². The monoisotopic (exact) mass is 396 g/mol. The van der Waals surface area contributed by atoms with Crippen LogP contribution in [-0.4, -0.2) is 38.4 Å². The van der Waals surface area contributed by atoms with Crippen LogP contribution in [0.3, 0.4) is 0 Å². The molecule has 0 bridgehead atoms. The lowest BCUT2D eigenvalue weighted by atomic mass is 9.64. The van der Waals surface area contributed by atoms with Crippen LogP contribution in [-0.2, 0) is 5.41 Å². The van der Waals surface area contributed by atoms with E-state index in [1.807, 2.05) is 18.5 Å². The molecule has 28 heavy (non-hydrogen) atoms. The van der Waals surface area contributed by atoms with Crippen molar-refractivity contribution in [1.29, 1.82) is 0 Å². The molecule has 5 rings (SSSR count). The maximum absolute atomic E-state index is 5.86. The first-order chi connectivity index (χ1) is 13.7. The van der Waals surface area contributed by atoms with E-state index in [-0.39, 0.29) is 11.3 Å².